The van der Waals surface area contributed by atoms with E-state index in [1.807, 2.05) is 0 Å². The normalized spacial score (nSPS) is 12.9. The summed E-state index contributed by atoms with van der Waals surface area (Å²) in [4.78, 5) is 43.9. The summed E-state index contributed by atoms with van der Waals surface area (Å²) in [6.07, 6.45) is -5.41. The number of hydrogen-bond acceptors (Lipinski definition) is 6. The van der Waals surface area contributed by atoms with Crippen molar-refractivity contribution in [3.63, 3.8) is 0 Å². The average Bonchev–Trinajstić information content (AvgIpc) is 3.09. The number of carbonyl (C=O) groups excluding carboxylic acids is 2. The van der Waals surface area contributed by atoms with Gasteiger partial charge in [-0.3, -0.25) is 15.0 Å². The van der Waals surface area contributed by atoms with Crippen LogP contribution in [0, 0.1) is 6.92 Å². The summed E-state index contributed by atoms with van der Waals surface area (Å²) < 4.78 is 45.0. The number of nitrogens with zero attached hydrogens (tertiary/aromatic N) is 3. The number of aryl methyl sites for hydroxylation is 1. The molecule has 0 bridgehead atoms. The van der Waals surface area contributed by atoms with Gasteiger partial charge in [-0.1, -0.05) is 12.1 Å². The van der Waals surface area contributed by atoms with Crippen molar-refractivity contribution < 1.29 is 27.5 Å². The lowest BCUT2D eigenvalue weighted by Crippen LogP contribution is -2.44. The Hall–Kier alpha value is -3.90. The molecule has 0 fully saturated rings. The highest BCUT2D eigenvalue weighted by Gasteiger charge is 2.31. The van der Waals surface area contributed by atoms with Crippen LogP contribution in [0.15, 0.2) is 29.1 Å². The molecule has 0 saturated heterocycles. The summed E-state index contributed by atoms with van der Waals surface area (Å²) in [7, 11) is 0. The van der Waals surface area contributed by atoms with Gasteiger partial charge in [0.05, 0.1) is 11.6 Å². The highest BCUT2D eigenvalue weighted by molar-refractivity contribution is 6.04. The SMILES string of the molecule is Cc1nc2c(c(C(=O)NNC(=O)OC(C)(C)C)nn2C(C)c2ccc(C(F)(F)F)cc2)c(=O)[nH]1. The van der Waals surface area contributed by atoms with E-state index >= 15 is 0 Å². The molecule has 34 heavy (non-hydrogen) atoms. The molecule has 3 aromatic rings. The molecule has 2 aromatic heterocycles. The number of fused-ring (bicyclic) bond motifs is 1. The van der Waals surface area contributed by atoms with Gasteiger partial charge in [-0.15, -0.1) is 0 Å². The molecule has 0 saturated carbocycles. The summed E-state index contributed by atoms with van der Waals surface area (Å²) in [5.41, 5.74) is 2.10. The maximum atomic E-state index is 12.9. The Balaban J connectivity index is 1.98. The van der Waals surface area contributed by atoms with Crippen molar-refractivity contribution in [2.24, 2.45) is 0 Å². The number of H-pyrrole nitrogens is 1. The highest BCUT2D eigenvalue weighted by Crippen LogP contribution is 2.31. The van der Waals surface area contributed by atoms with Crippen LogP contribution in [0.2, 0.25) is 0 Å². The molecule has 13 heteroatoms. The van der Waals surface area contributed by atoms with Crippen LogP contribution in [0.25, 0.3) is 11.0 Å². The number of hydrogen-bond donors (Lipinski definition) is 3. The molecular weight excluding hydrogens is 457 g/mol. The Morgan fingerprint density at radius 1 is 1.12 bits per heavy atom. The second-order valence-electron chi connectivity index (χ2n) is 8.52. The fourth-order valence-electron chi connectivity index (χ4n) is 3.15. The molecule has 2 heterocycles. The van der Waals surface area contributed by atoms with E-state index in [-0.39, 0.29) is 22.6 Å². The molecule has 1 atom stereocenters. The Bertz CT molecular complexity index is 1290. The van der Waals surface area contributed by atoms with E-state index in [0.29, 0.717) is 5.56 Å². The summed E-state index contributed by atoms with van der Waals surface area (Å²) in [6, 6.07) is 3.75. The molecule has 0 aliphatic heterocycles. The van der Waals surface area contributed by atoms with Crippen LogP contribution < -0.4 is 16.4 Å². The van der Waals surface area contributed by atoms with Crippen molar-refractivity contribution in [3.8, 4) is 0 Å². The predicted octanol–water partition coefficient (Wildman–Crippen LogP) is 3.23. The van der Waals surface area contributed by atoms with Gasteiger partial charge < -0.3 is 9.72 Å². The predicted molar refractivity (Wildman–Crippen MR) is 115 cm³/mol. The van der Waals surface area contributed by atoms with Crippen LogP contribution in [-0.2, 0) is 10.9 Å². The van der Waals surface area contributed by atoms with Crippen LogP contribution in [0.4, 0.5) is 18.0 Å². The minimum atomic E-state index is -4.49. The van der Waals surface area contributed by atoms with E-state index in [2.05, 4.69) is 25.9 Å². The van der Waals surface area contributed by atoms with Gasteiger partial charge >= 0.3 is 12.3 Å². The summed E-state index contributed by atoms with van der Waals surface area (Å²) >= 11 is 0. The molecule has 0 aliphatic carbocycles. The molecule has 0 spiro atoms. The summed E-state index contributed by atoms with van der Waals surface area (Å²) in [6.45, 7) is 8.08. The van der Waals surface area contributed by atoms with Crippen molar-refractivity contribution in [2.75, 3.05) is 0 Å². The first-order chi connectivity index (χ1) is 15.7. The first-order valence-corrected chi connectivity index (χ1v) is 10.1. The molecule has 3 rings (SSSR count). The lowest BCUT2D eigenvalue weighted by atomic mass is 10.1. The summed E-state index contributed by atoms with van der Waals surface area (Å²) in [5.74, 6) is -0.664. The van der Waals surface area contributed by atoms with Crippen molar-refractivity contribution in [1.82, 2.24) is 30.6 Å². The van der Waals surface area contributed by atoms with Crippen molar-refractivity contribution in [1.29, 1.82) is 0 Å². The molecule has 2 amide bonds. The number of nitrogens with one attached hydrogen (secondary N) is 3. The van der Waals surface area contributed by atoms with E-state index in [0.717, 1.165) is 12.1 Å². The van der Waals surface area contributed by atoms with Crippen LogP contribution in [-0.4, -0.2) is 37.3 Å². The minimum Gasteiger partial charge on any atom is -0.443 e. The lowest BCUT2D eigenvalue weighted by Gasteiger charge is -2.19. The molecule has 1 aromatic carbocycles. The Morgan fingerprint density at radius 3 is 2.29 bits per heavy atom. The first kappa shape index (κ1) is 24.7. The van der Waals surface area contributed by atoms with E-state index in [1.54, 1.807) is 27.7 Å². The zero-order chi connectivity index (χ0) is 25.4. The molecule has 1 unspecified atom stereocenters. The van der Waals surface area contributed by atoms with Gasteiger partial charge in [-0.25, -0.2) is 19.9 Å². The van der Waals surface area contributed by atoms with Crippen LogP contribution >= 0.6 is 0 Å². The van der Waals surface area contributed by atoms with Gasteiger partial charge in [0.2, 0.25) is 0 Å². The largest absolute Gasteiger partial charge is 0.443 e. The van der Waals surface area contributed by atoms with E-state index in [1.165, 1.54) is 23.7 Å². The fourth-order valence-corrected chi connectivity index (χ4v) is 3.15. The molecule has 182 valence electrons. The number of aromatic nitrogens is 4. The number of ether oxygens (including phenoxy) is 1. The zero-order valence-corrected chi connectivity index (χ0v) is 19.0. The first-order valence-electron chi connectivity index (χ1n) is 10.1. The fraction of sp³-hybridized carbons (Fsp3) is 0.381. The van der Waals surface area contributed by atoms with E-state index in [9.17, 15) is 27.6 Å². The van der Waals surface area contributed by atoms with Gasteiger partial charge in [0.15, 0.2) is 11.3 Å². The van der Waals surface area contributed by atoms with Crippen molar-refractivity contribution in [3.05, 3.63) is 57.3 Å². The monoisotopic (exact) mass is 480 g/mol. The number of carbonyl (C=O) groups is 2. The van der Waals surface area contributed by atoms with Crippen LogP contribution in [0.3, 0.4) is 0 Å². The quantitative estimate of drug-likeness (QED) is 0.494. The number of rotatable bonds is 3. The maximum absolute atomic E-state index is 12.9. The number of hydrazine groups is 1. The van der Waals surface area contributed by atoms with E-state index in [4.69, 9.17) is 4.74 Å². The number of benzene rings is 1. The third-order valence-electron chi connectivity index (χ3n) is 4.66. The highest BCUT2D eigenvalue weighted by atomic mass is 19.4. The topological polar surface area (TPSA) is 131 Å². The van der Waals surface area contributed by atoms with Gasteiger partial charge in [-0.05, 0) is 52.3 Å². The van der Waals surface area contributed by atoms with Crippen LogP contribution in [0.1, 0.15) is 61.2 Å². The Kier molecular flexibility index (Phi) is 6.40. The standard InChI is InChI=1S/C21H23F3N6O4/c1-10(12-6-8-13(9-7-12)21(22,23)24)30-16-14(17(31)26-11(2)25-16)15(29-30)18(32)27-28-19(33)34-20(3,4)5/h6-10H,1-5H3,(H,27,32)(H,28,33)(H,25,26,31). The summed E-state index contributed by atoms with van der Waals surface area (Å²) in [5, 5.41) is 4.05. The minimum absolute atomic E-state index is 0.0519. The van der Waals surface area contributed by atoms with Gasteiger partial charge in [0.1, 0.15) is 16.8 Å². The second-order valence-corrected chi connectivity index (χ2v) is 8.52. The maximum Gasteiger partial charge on any atom is 0.426 e. The van der Waals surface area contributed by atoms with Gasteiger partial charge in [0, 0.05) is 0 Å². The van der Waals surface area contributed by atoms with Gasteiger partial charge in [-0.2, -0.15) is 18.3 Å². The number of alkyl halides is 3. The average molecular weight is 480 g/mol. The Labute approximate surface area is 191 Å². The number of halogens is 3. The van der Waals surface area contributed by atoms with Crippen molar-refractivity contribution in [2.45, 2.75) is 52.4 Å². The van der Waals surface area contributed by atoms with Crippen molar-refractivity contribution >= 4 is 23.0 Å². The molecular formula is C21H23F3N6O4. The lowest BCUT2D eigenvalue weighted by molar-refractivity contribution is -0.137. The molecule has 10 nitrogen and oxygen atoms in total. The molecule has 0 aliphatic rings. The third kappa shape index (κ3) is 5.35. The third-order valence-corrected chi connectivity index (χ3v) is 4.66. The number of amides is 2. The van der Waals surface area contributed by atoms with Crippen LogP contribution in [0.5, 0.6) is 0 Å². The molecule has 3 N–H and O–H groups in total. The molecule has 0 radical (unpaired) electrons. The number of aromatic amines is 1. The zero-order valence-electron chi connectivity index (χ0n) is 19.0. The smallest absolute Gasteiger partial charge is 0.426 e. The Morgan fingerprint density at radius 2 is 1.74 bits per heavy atom. The van der Waals surface area contributed by atoms with Gasteiger partial charge in [0.25, 0.3) is 11.5 Å². The van der Waals surface area contributed by atoms with E-state index < -0.39 is 40.9 Å². The second kappa shape index (κ2) is 8.80.